The Bertz CT molecular complexity index is 476. The second-order valence-electron chi connectivity index (χ2n) is 3.99. The van der Waals surface area contributed by atoms with Crippen LogP contribution in [0.4, 0.5) is 0 Å². The Balaban J connectivity index is 2.96. The van der Waals surface area contributed by atoms with Gasteiger partial charge in [0.25, 0.3) is 0 Å². The highest BCUT2D eigenvalue weighted by molar-refractivity contribution is 9.10. The van der Waals surface area contributed by atoms with E-state index in [1.54, 1.807) is 12.1 Å². The molecule has 0 radical (unpaired) electrons. The Kier molecular flexibility index (Phi) is 5.44. The summed E-state index contributed by atoms with van der Waals surface area (Å²) in [5.74, 6) is 0. The summed E-state index contributed by atoms with van der Waals surface area (Å²) in [6.45, 7) is 4.04. The van der Waals surface area contributed by atoms with Crippen LogP contribution in [0.1, 0.15) is 19.4 Å². The summed E-state index contributed by atoms with van der Waals surface area (Å²) in [6, 6.07) is 7.14. The highest BCUT2D eigenvalue weighted by atomic mass is 79.9. The number of alkyl halides is 1. The van der Waals surface area contributed by atoms with Crippen LogP contribution in [0.15, 0.2) is 24.3 Å². The summed E-state index contributed by atoms with van der Waals surface area (Å²) in [4.78, 5) is 0. The lowest BCUT2D eigenvalue weighted by molar-refractivity contribution is 0.350. The molecule has 0 saturated carbocycles. The van der Waals surface area contributed by atoms with Crippen molar-refractivity contribution in [3.05, 3.63) is 34.9 Å². The van der Waals surface area contributed by atoms with E-state index in [-0.39, 0.29) is 10.7 Å². The maximum atomic E-state index is 11.9. The predicted molar refractivity (Wildman–Crippen MR) is 74.8 cm³/mol. The number of benzene rings is 1. The quantitative estimate of drug-likeness (QED) is 0.772. The first-order valence-electron chi connectivity index (χ1n) is 5.16. The van der Waals surface area contributed by atoms with Crippen molar-refractivity contribution in [1.29, 1.82) is 0 Å². The molecule has 1 rings (SSSR count). The van der Waals surface area contributed by atoms with Crippen LogP contribution in [-0.2, 0) is 16.6 Å². The van der Waals surface area contributed by atoms with Gasteiger partial charge >= 0.3 is 0 Å². The fraction of sp³-hybridized carbons (Fsp3) is 0.455. The second-order valence-corrected chi connectivity index (χ2v) is 7.65. The van der Waals surface area contributed by atoms with E-state index in [1.807, 2.05) is 26.0 Å². The number of hydrogen-bond donors (Lipinski definition) is 0. The lowest BCUT2D eigenvalue weighted by Gasteiger charge is -2.25. The maximum Gasteiger partial charge on any atom is 0.224 e. The third-order valence-electron chi connectivity index (χ3n) is 2.30. The minimum atomic E-state index is -3.26. The Morgan fingerprint density at radius 3 is 2.53 bits per heavy atom. The van der Waals surface area contributed by atoms with E-state index in [9.17, 15) is 8.42 Å². The Morgan fingerprint density at radius 1 is 1.41 bits per heavy atom. The average Bonchev–Trinajstić information content (AvgIpc) is 2.25. The molecular weight excluding hydrogens is 326 g/mol. The average molecular weight is 341 g/mol. The van der Waals surface area contributed by atoms with Gasteiger partial charge in [-0.2, -0.15) is 4.31 Å². The largest absolute Gasteiger partial charge is 0.224 e. The summed E-state index contributed by atoms with van der Waals surface area (Å²) in [5.41, 5.74) is 0.885. The van der Waals surface area contributed by atoms with Crippen LogP contribution in [0.25, 0.3) is 0 Å². The lowest BCUT2D eigenvalue weighted by Crippen LogP contribution is -2.36. The van der Waals surface area contributed by atoms with Crippen LogP contribution < -0.4 is 0 Å². The summed E-state index contributed by atoms with van der Waals surface area (Å²) < 4.78 is 25.1. The summed E-state index contributed by atoms with van der Waals surface area (Å²) >= 11 is 8.89. The molecular formula is C11H15BrClNO2S. The SMILES string of the molecule is CC(C)N(Cc1cccc(Cl)c1)S(=O)(=O)CBr. The fourth-order valence-corrected chi connectivity index (χ4v) is 3.60. The smallest absolute Gasteiger partial charge is 0.211 e. The lowest BCUT2D eigenvalue weighted by atomic mass is 10.2. The Hall–Kier alpha value is -0.100. The second kappa shape index (κ2) is 6.18. The van der Waals surface area contributed by atoms with Crippen LogP contribution in [0.5, 0.6) is 0 Å². The normalized spacial score (nSPS) is 12.4. The van der Waals surface area contributed by atoms with Gasteiger partial charge in [-0.1, -0.05) is 39.7 Å². The molecule has 0 bridgehead atoms. The molecule has 1 aromatic rings. The van der Waals surface area contributed by atoms with Crippen molar-refractivity contribution in [3.8, 4) is 0 Å². The molecule has 17 heavy (non-hydrogen) atoms. The Morgan fingerprint density at radius 2 is 2.06 bits per heavy atom. The van der Waals surface area contributed by atoms with E-state index >= 15 is 0 Å². The third-order valence-corrected chi connectivity index (χ3v) is 5.81. The van der Waals surface area contributed by atoms with Gasteiger partial charge in [-0.05, 0) is 31.5 Å². The first-order chi connectivity index (χ1) is 7.86. The molecule has 96 valence electrons. The highest BCUT2D eigenvalue weighted by Gasteiger charge is 2.23. The molecule has 6 heteroatoms. The number of hydrogen-bond acceptors (Lipinski definition) is 2. The van der Waals surface area contributed by atoms with Crippen LogP contribution >= 0.6 is 27.5 Å². The molecule has 0 spiro atoms. The van der Waals surface area contributed by atoms with Gasteiger partial charge < -0.3 is 0 Å². The number of nitrogens with zero attached hydrogens (tertiary/aromatic N) is 1. The highest BCUT2D eigenvalue weighted by Crippen LogP contribution is 2.17. The van der Waals surface area contributed by atoms with Crippen LogP contribution in [0.2, 0.25) is 5.02 Å². The van der Waals surface area contributed by atoms with Crippen molar-refractivity contribution in [1.82, 2.24) is 4.31 Å². The van der Waals surface area contributed by atoms with Crippen molar-refractivity contribution in [3.63, 3.8) is 0 Å². The standard InChI is InChI=1S/C11H15BrClNO2S/c1-9(2)14(17(15,16)8-12)7-10-4-3-5-11(13)6-10/h3-6,9H,7-8H2,1-2H3. The van der Waals surface area contributed by atoms with Crippen molar-refractivity contribution in [2.24, 2.45) is 0 Å². The zero-order valence-electron chi connectivity index (χ0n) is 9.73. The number of rotatable bonds is 5. The molecule has 0 aliphatic heterocycles. The zero-order valence-corrected chi connectivity index (χ0v) is 12.9. The first kappa shape index (κ1) is 15.0. The van der Waals surface area contributed by atoms with E-state index in [4.69, 9.17) is 11.6 Å². The van der Waals surface area contributed by atoms with Crippen LogP contribution in [0, 0.1) is 0 Å². The molecule has 0 saturated heterocycles. The van der Waals surface area contributed by atoms with Crippen LogP contribution in [-0.4, -0.2) is 23.4 Å². The minimum absolute atomic E-state index is 0.0707. The third kappa shape index (κ3) is 4.25. The molecule has 0 N–H and O–H groups in total. The van der Waals surface area contributed by atoms with Gasteiger partial charge in [0.2, 0.25) is 10.0 Å². The molecule has 0 aliphatic rings. The van der Waals surface area contributed by atoms with E-state index in [1.165, 1.54) is 4.31 Å². The molecule has 0 aromatic heterocycles. The predicted octanol–water partition coefficient (Wildman–Crippen LogP) is 3.23. The summed E-state index contributed by atoms with van der Waals surface area (Å²) in [7, 11) is -3.26. The maximum absolute atomic E-state index is 11.9. The first-order valence-corrected chi connectivity index (χ1v) is 8.27. The van der Waals surface area contributed by atoms with Crippen LogP contribution in [0.3, 0.4) is 0 Å². The van der Waals surface area contributed by atoms with Crippen molar-refractivity contribution in [2.75, 3.05) is 4.66 Å². The number of sulfonamides is 1. The van der Waals surface area contributed by atoms with Crippen molar-refractivity contribution < 1.29 is 8.42 Å². The molecule has 0 atom stereocenters. The zero-order chi connectivity index (χ0) is 13.1. The molecule has 0 unspecified atom stereocenters. The molecule has 0 fully saturated rings. The van der Waals surface area contributed by atoms with Gasteiger partial charge in [0, 0.05) is 17.6 Å². The van der Waals surface area contributed by atoms with E-state index in [0.29, 0.717) is 11.6 Å². The molecule has 0 aliphatic carbocycles. The van der Waals surface area contributed by atoms with Gasteiger partial charge in [-0.15, -0.1) is 0 Å². The molecule has 0 amide bonds. The fourth-order valence-electron chi connectivity index (χ4n) is 1.48. The summed E-state index contributed by atoms with van der Waals surface area (Å²) in [5, 5.41) is 0.613. The molecule has 0 heterocycles. The van der Waals surface area contributed by atoms with E-state index in [0.717, 1.165) is 5.56 Å². The monoisotopic (exact) mass is 339 g/mol. The van der Waals surface area contributed by atoms with Gasteiger partial charge in [0.1, 0.15) is 4.66 Å². The van der Waals surface area contributed by atoms with E-state index < -0.39 is 10.0 Å². The summed E-state index contributed by atoms with van der Waals surface area (Å²) in [6.07, 6.45) is 0. The molecule has 1 aromatic carbocycles. The van der Waals surface area contributed by atoms with Gasteiger partial charge in [0.05, 0.1) is 0 Å². The Labute approximate surface area is 116 Å². The van der Waals surface area contributed by atoms with E-state index in [2.05, 4.69) is 15.9 Å². The topological polar surface area (TPSA) is 37.4 Å². The van der Waals surface area contributed by atoms with Crippen molar-refractivity contribution in [2.45, 2.75) is 26.4 Å². The van der Waals surface area contributed by atoms with Gasteiger partial charge in [-0.3, -0.25) is 0 Å². The van der Waals surface area contributed by atoms with Gasteiger partial charge in [-0.25, -0.2) is 8.42 Å². The van der Waals surface area contributed by atoms with Crippen molar-refractivity contribution >= 4 is 37.6 Å². The number of halogens is 2. The molecule has 3 nitrogen and oxygen atoms in total. The van der Waals surface area contributed by atoms with Gasteiger partial charge in [0.15, 0.2) is 0 Å². The minimum Gasteiger partial charge on any atom is -0.211 e.